The van der Waals surface area contributed by atoms with Crippen LogP contribution in [-0.4, -0.2) is 28.0 Å². The SMILES string of the molecule is CC(=O)c1c(CCCNC(=O)c2cc(C#N)ccc2Cl)cc(F)c(-c2cnn(C)c(=O)c2)c1F. The van der Waals surface area contributed by atoms with Crippen molar-refractivity contribution in [3.05, 3.63) is 85.8 Å². The summed E-state index contributed by atoms with van der Waals surface area (Å²) >= 11 is 6.01. The van der Waals surface area contributed by atoms with E-state index < -0.39 is 34.4 Å². The normalized spacial score (nSPS) is 10.6. The van der Waals surface area contributed by atoms with Crippen molar-refractivity contribution in [2.24, 2.45) is 7.05 Å². The maximum Gasteiger partial charge on any atom is 0.267 e. The number of carbonyl (C=O) groups excluding carboxylic acids is 2. The Morgan fingerprint density at radius 3 is 2.62 bits per heavy atom. The Kier molecular flexibility index (Phi) is 7.54. The topological polar surface area (TPSA) is 105 Å². The van der Waals surface area contributed by atoms with E-state index in [1.54, 1.807) is 0 Å². The minimum Gasteiger partial charge on any atom is -0.352 e. The maximum atomic E-state index is 15.2. The lowest BCUT2D eigenvalue weighted by molar-refractivity contribution is 0.0951. The van der Waals surface area contributed by atoms with Gasteiger partial charge in [-0.25, -0.2) is 13.5 Å². The molecule has 0 unspecified atom stereocenters. The van der Waals surface area contributed by atoms with E-state index in [0.29, 0.717) is 0 Å². The summed E-state index contributed by atoms with van der Waals surface area (Å²) in [5, 5.41) is 15.6. The average Bonchev–Trinajstić information content (AvgIpc) is 2.78. The highest BCUT2D eigenvalue weighted by Gasteiger charge is 2.23. The monoisotopic (exact) mass is 484 g/mol. The molecule has 0 radical (unpaired) electrons. The van der Waals surface area contributed by atoms with E-state index in [-0.39, 0.29) is 52.2 Å². The van der Waals surface area contributed by atoms with Gasteiger partial charge in [0.15, 0.2) is 5.78 Å². The van der Waals surface area contributed by atoms with E-state index in [0.717, 1.165) is 29.9 Å². The Labute approximate surface area is 198 Å². The second-order valence-electron chi connectivity index (χ2n) is 7.51. The second kappa shape index (κ2) is 10.4. The van der Waals surface area contributed by atoms with Gasteiger partial charge >= 0.3 is 0 Å². The third kappa shape index (κ3) is 5.18. The molecule has 3 aromatic rings. The lowest BCUT2D eigenvalue weighted by Crippen LogP contribution is -2.25. The van der Waals surface area contributed by atoms with Crippen molar-refractivity contribution in [1.82, 2.24) is 15.1 Å². The van der Waals surface area contributed by atoms with Gasteiger partial charge in [-0.1, -0.05) is 11.6 Å². The average molecular weight is 485 g/mol. The summed E-state index contributed by atoms with van der Waals surface area (Å²) in [6, 6.07) is 8.31. The van der Waals surface area contributed by atoms with Crippen LogP contribution in [0.3, 0.4) is 0 Å². The van der Waals surface area contributed by atoms with Crippen LogP contribution in [-0.2, 0) is 13.5 Å². The first-order valence-corrected chi connectivity index (χ1v) is 10.5. The van der Waals surface area contributed by atoms with Gasteiger partial charge in [0.05, 0.1) is 39.5 Å². The van der Waals surface area contributed by atoms with E-state index in [4.69, 9.17) is 16.9 Å². The summed E-state index contributed by atoms with van der Waals surface area (Å²) in [5.74, 6) is -3.10. The summed E-state index contributed by atoms with van der Waals surface area (Å²) in [6.45, 7) is 1.30. The number of carbonyl (C=O) groups is 2. The molecule has 1 aromatic heterocycles. The van der Waals surface area contributed by atoms with Gasteiger partial charge in [0.2, 0.25) is 0 Å². The molecule has 0 atom stereocenters. The molecule has 0 fully saturated rings. The van der Waals surface area contributed by atoms with Crippen molar-refractivity contribution in [1.29, 1.82) is 5.26 Å². The van der Waals surface area contributed by atoms with E-state index in [9.17, 15) is 18.8 Å². The fourth-order valence-corrected chi connectivity index (χ4v) is 3.66. The predicted molar refractivity (Wildman–Crippen MR) is 122 cm³/mol. The summed E-state index contributed by atoms with van der Waals surface area (Å²) in [6.07, 6.45) is 1.52. The summed E-state index contributed by atoms with van der Waals surface area (Å²) in [7, 11) is 1.40. The zero-order chi connectivity index (χ0) is 25.0. The maximum absolute atomic E-state index is 15.2. The van der Waals surface area contributed by atoms with Crippen LogP contribution < -0.4 is 10.9 Å². The molecule has 7 nitrogen and oxygen atoms in total. The lowest BCUT2D eigenvalue weighted by Gasteiger charge is -2.14. The first kappa shape index (κ1) is 24.7. The molecular weight excluding hydrogens is 466 g/mol. The van der Waals surface area contributed by atoms with Gasteiger partial charge in [-0.3, -0.25) is 14.4 Å². The summed E-state index contributed by atoms with van der Waals surface area (Å²) < 4.78 is 31.1. The third-order valence-electron chi connectivity index (χ3n) is 5.16. The smallest absolute Gasteiger partial charge is 0.267 e. The van der Waals surface area contributed by atoms with E-state index in [2.05, 4.69) is 10.4 Å². The second-order valence-corrected chi connectivity index (χ2v) is 7.92. The first-order valence-electron chi connectivity index (χ1n) is 10.2. The number of nitriles is 1. The van der Waals surface area contributed by atoms with E-state index in [1.165, 1.54) is 25.2 Å². The Balaban J connectivity index is 1.79. The van der Waals surface area contributed by atoms with Gasteiger partial charge < -0.3 is 5.32 Å². The molecule has 2 aromatic carbocycles. The summed E-state index contributed by atoms with van der Waals surface area (Å²) in [5.41, 5.74) is -0.862. The van der Waals surface area contributed by atoms with Crippen LogP contribution in [0.25, 0.3) is 11.1 Å². The number of nitrogens with one attached hydrogen (secondary N) is 1. The highest BCUT2D eigenvalue weighted by Crippen LogP contribution is 2.30. The number of aromatic nitrogens is 2. The van der Waals surface area contributed by atoms with Crippen molar-refractivity contribution < 1.29 is 18.4 Å². The number of rotatable bonds is 7. The molecule has 0 spiro atoms. The van der Waals surface area contributed by atoms with Crippen molar-refractivity contribution in [2.75, 3.05) is 6.54 Å². The van der Waals surface area contributed by atoms with Gasteiger partial charge in [0.1, 0.15) is 11.6 Å². The Bertz CT molecular complexity index is 1400. The van der Waals surface area contributed by atoms with Gasteiger partial charge in [-0.15, -0.1) is 0 Å². The van der Waals surface area contributed by atoms with Crippen molar-refractivity contribution >= 4 is 23.3 Å². The number of amides is 1. The van der Waals surface area contributed by atoms with Crippen molar-refractivity contribution in [3.8, 4) is 17.2 Å². The molecule has 0 aliphatic rings. The molecular formula is C24H19ClF2N4O3. The summed E-state index contributed by atoms with van der Waals surface area (Å²) in [4.78, 5) is 36.4. The Morgan fingerprint density at radius 1 is 1.24 bits per heavy atom. The van der Waals surface area contributed by atoms with Crippen LogP contribution in [0.5, 0.6) is 0 Å². The number of Topliss-reactive ketones (excluding diaryl/α,β-unsaturated/α-hetero) is 1. The van der Waals surface area contributed by atoms with Crippen LogP contribution in [0.1, 0.15) is 45.2 Å². The number of hydrogen-bond acceptors (Lipinski definition) is 5. The zero-order valence-corrected chi connectivity index (χ0v) is 19.0. The molecule has 34 heavy (non-hydrogen) atoms. The van der Waals surface area contributed by atoms with Crippen LogP contribution >= 0.6 is 11.6 Å². The highest BCUT2D eigenvalue weighted by atomic mass is 35.5. The molecule has 0 aliphatic carbocycles. The quantitative estimate of drug-likeness (QED) is 0.405. The molecule has 10 heteroatoms. The number of benzene rings is 2. The number of hydrogen-bond donors (Lipinski definition) is 1. The Hall–Kier alpha value is -3.90. The lowest BCUT2D eigenvalue weighted by atomic mass is 9.94. The standard InChI is InChI=1S/C24H19ClF2N4O3/c1-13(32)21-15(4-3-7-29-24(34)17-8-14(11-28)5-6-18(17)25)9-19(26)22(23(21)27)16-10-20(33)31(2)30-12-16/h5-6,8-10,12H,3-4,7H2,1-2H3,(H,29,34). The molecule has 174 valence electrons. The molecule has 0 saturated carbocycles. The van der Waals surface area contributed by atoms with Crippen LogP contribution in [0.2, 0.25) is 5.02 Å². The number of aryl methyl sites for hydroxylation is 2. The predicted octanol–water partition coefficient (Wildman–Crippen LogP) is 3.82. The molecule has 0 saturated heterocycles. The van der Waals surface area contributed by atoms with Crippen molar-refractivity contribution in [2.45, 2.75) is 19.8 Å². The Morgan fingerprint density at radius 2 is 1.97 bits per heavy atom. The molecule has 1 heterocycles. The third-order valence-corrected chi connectivity index (χ3v) is 5.49. The van der Waals surface area contributed by atoms with Crippen LogP contribution in [0.15, 0.2) is 41.3 Å². The number of nitrogens with zero attached hydrogens (tertiary/aromatic N) is 3. The van der Waals surface area contributed by atoms with Gasteiger partial charge in [0.25, 0.3) is 11.5 Å². The first-order chi connectivity index (χ1) is 16.1. The van der Waals surface area contributed by atoms with E-state index in [1.807, 2.05) is 6.07 Å². The number of ketones is 1. The van der Waals surface area contributed by atoms with Gasteiger partial charge in [0, 0.05) is 25.2 Å². The molecule has 1 N–H and O–H groups in total. The zero-order valence-electron chi connectivity index (χ0n) is 18.3. The van der Waals surface area contributed by atoms with Gasteiger partial charge in [-0.2, -0.15) is 10.4 Å². The van der Waals surface area contributed by atoms with Crippen molar-refractivity contribution in [3.63, 3.8) is 0 Å². The fraction of sp³-hybridized carbons (Fsp3) is 0.208. The molecule has 1 amide bonds. The van der Waals surface area contributed by atoms with Gasteiger partial charge in [-0.05, 0) is 49.6 Å². The molecule has 0 bridgehead atoms. The van der Waals surface area contributed by atoms with Crippen LogP contribution in [0, 0.1) is 23.0 Å². The minimum atomic E-state index is -1.07. The highest BCUT2D eigenvalue weighted by molar-refractivity contribution is 6.33. The largest absolute Gasteiger partial charge is 0.352 e. The minimum absolute atomic E-state index is 0.0732. The molecule has 0 aliphatic heterocycles. The molecule has 3 rings (SSSR count). The fourth-order valence-electron chi connectivity index (χ4n) is 3.46. The van der Waals surface area contributed by atoms with Crippen LogP contribution in [0.4, 0.5) is 8.78 Å². The van der Waals surface area contributed by atoms with E-state index >= 15 is 4.39 Å². The number of halogens is 3.